The molecule has 0 saturated carbocycles. The molecule has 1 rings (SSSR count). The largest absolute Gasteiger partial charge is 0.492 e. The maximum Gasteiger partial charge on any atom is 0.123 e. The highest BCUT2D eigenvalue weighted by Gasteiger charge is 2.17. The third kappa shape index (κ3) is 5.00. The molecular formula is C14H21NO2. The van der Waals surface area contributed by atoms with Gasteiger partial charge in [-0.15, -0.1) is 0 Å². The lowest BCUT2D eigenvalue weighted by atomic mass is 9.99. The first kappa shape index (κ1) is 13.7. The van der Waals surface area contributed by atoms with Crippen LogP contribution in [0.3, 0.4) is 0 Å². The highest BCUT2D eigenvalue weighted by molar-refractivity contribution is 5.53. The molecule has 0 aromatic heterocycles. The molecule has 1 heterocycles. The van der Waals surface area contributed by atoms with Crippen molar-refractivity contribution in [2.24, 2.45) is 5.92 Å². The Bertz CT molecular complexity index is 289. The van der Waals surface area contributed by atoms with Gasteiger partial charge >= 0.3 is 0 Å². The second-order valence-electron chi connectivity index (χ2n) is 4.17. The summed E-state index contributed by atoms with van der Waals surface area (Å²) in [5.41, 5.74) is 0. The summed E-state index contributed by atoms with van der Waals surface area (Å²) in [6.07, 6.45) is 8.19. The quantitative estimate of drug-likeness (QED) is 0.385. The van der Waals surface area contributed by atoms with E-state index in [1.165, 1.54) is 0 Å². The minimum absolute atomic E-state index is 0.261. The summed E-state index contributed by atoms with van der Waals surface area (Å²) < 4.78 is 5.55. The van der Waals surface area contributed by atoms with Crippen LogP contribution in [0.5, 0.6) is 0 Å². The summed E-state index contributed by atoms with van der Waals surface area (Å²) in [6, 6.07) is 0. The molecule has 17 heavy (non-hydrogen) atoms. The molecule has 0 aromatic carbocycles. The topological polar surface area (TPSA) is 29.5 Å². The fourth-order valence-corrected chi connectivity index (χ4v) is 1.90. The summed E-state index contributed by atoms with van der Waals surface area (Å²) in [5, 5.41) is 0. The first-order valence-corrected chi connectivity index (χ1v) is 6.05. The van der Waals surface area contributed by atoms with E-state index < -0.39 is 0 Å². The van der Waals surface area contributed by atoms with Crippen molar-refractivity contribution in [2.75, 3.05) is 26.2 Å². The summed E-state index contributed by atoms with van der Waals surface area (Å²) in [5.74, 6) is 1.01. The molecule has 0 unspecified atom stereocenters. The van der Waals surface area contributed by atoms with E-state index in [0.29, 0.717) is 6.61 Å². The smallest absolute Gasteiger partial charge is 0.123 e. The van der Waals surface area contributed by atoms with Crippen LogP contribution in [-0.4, -0.2) is 37.4 Å². The van der Waals surface area contributed by atoms with E-state index in [2.05, 4.69) is 18.1 Å². The number of piperidine rings is 1. The summed E-state index contributed by atoms with van der Waals surface area (Å²) in [4.78, 5) is 12.9. The van der Waals surface area contributed by atoms with Crippen LogP contribution < -0.4 is 0 Å². The Balaban J connectivity index is 2.19. The number of allylic oxidation sites excluding steroid dienone is 3. The van der Waals surface area contributed by atoms with Gasteiger partial charge in [0.25, 0.3) is 0 Å². The van der Waals surface area contributed by atoms with Crippen molar-refractivity contribution < 1.29 is 9.53 Å². The molecule has 0 amide bonds. The van der Waals surface area contributed by atoms with E-state index in [0.717, 1.165) is 44.5 Å². The molecule has 0 spiro atoms. The number of carbonyl (C=O) groups excluding carboxylic acids is 1. The van der Waals surface area contributed by atoms with Crippen LogP contribution in [0.25, 0.3) is 0 Å². The molecule has 94 valence electrons. The third-order valence-corrected chi connectivity index (χ3v) is 2.98. The Labute approximate surface area is 103 Å². The predicted octanol–water partition coefficient (Wildman–Crippen LogP) is 2.17. The molecule has 0 aliphatic carbocycles. The van der Waals surface area contributed by atoms with Crippen molar-refractivity contribution >= 4 is 6.29 Å². The van der Waals surface area contributed by atoms with Crippen molar-refractivity contribution in [3.05, 3.63) is 37.1 Å². The molecule has 0 radical (unpaired) electrons. The SMILES string of the molecule is C=C/C=C(\C=C)OCCN1CCC(C=O)CC1. The van der Waals surface area contributed by atoms with Gasteiger partial charge in [-0.1, -0.05) is 19.2 Å². The molecule has 3 nitrogen and oxygen atoms in total. The Morgan fingerprint density at radius 3 is 2.59 bits per heavy atom. The zero-order valence-electron chi connectivity index (χ0n) is 10.3. The normalized spacial score (nSPS) is 18.7. The standard InChI is InChI=1S/C14H21NO2/c1-3-5-14(4-2)17-11-10-15-8-6-13(12-16)7-9-15/h3-5,12-13H,1-2,6-11H2/b14-5+. The van der Waals surface area contributed by atoms with Crippen LogP contribution in [-0.2, 0) is 9.53 Å². The Morgan fingerprint density at radius 1 is 1.35 bits per heavy atom. The summed E-state index contributed by atoms with van der Waals surface area (Å²) >= 11 is 0. The third-order valence-electron chi connectivity index (χ3n) is 2.98. The number of carbonyl (C=O) groups is 1. The first-order valence-electron chi connectivity index (χ1n) is 6.05. The maximum atomic E-state index is 10.6. The van der Waals surface area contributed by atoms with Crippen LogP contribution in [0.2, 0.25) is 0 Å². The average molecular weight is 235 g/mol. The minimum atomic E-state index is 0.261. The van der Waals surface area contributed by atoms with Crippen molar-refractivity contribution in [1.82, 2.24) is 4.90 Å². The highest BCUT2D eigenvalue weighted by Crippen LogP contribution is 2.14. The van der Waals surface area contributed by atoms with Crippen molar-refractivity contribution in [2.45, 2.75) is 12.8 Å². The Morgan fingerprint density at radius 2 is 2.06 bits per heavy atom. The first-order chi connectivity index (χ1) is 8.30. The van der Waals surface area contributed by atoms with Crippen LogP contribution in [0.1, 0.15) is 12.8 Å². The van der Waals surface area contributed by atoms with Crippen molar-refractivity contribution in [3.63, 3.8) is 0 Å². The lowest BCUT2D eigenvalue weighted by Crippen LogP contribution is -2.36. The number of hydrogen-bond donors (Lipinski definition) is 0. The molecule has 0 atom stereocenters. The van der Waals surface area contributed by atoms with Gasteiger partial charge in [-0.05, 0) is 38.1 Å². The van der Waals surface area contributed by atoms with Gasteiger partial charge in [0, 0.05) is 12.5 Å². The van der Waals surface area contributed by atoms with Crippen LogP contribution in [0.15, 0.2) is 37.1 Å². The van der Waals surface area contributed by atoms with Gasteiger partial charge in [-0.3, -0.25) is 4.90 Å². The lowest BCUT2D eigenvalue weighted by molar-refractivity contribution is -0.112. The monoisotopic (exact) mass is 235 g/mol. The fourth-order valence-electron chi connectivity index (χ4n) is 1.90. The zero-order chi connectivity index (χ0) is 12.5. The van der Waals surface area contributed by atoms with Gasteiger partial charge in [-0.2, -0.15) is 0 Å². The average Bonchev–Trinajstić information content (AvgIpc) is 2.38. The Hall–Kier alpha value is -1.35. The summed E-state index contributed by atoms with van der Waals surface area (Å²) in [7, 11) is 0. The van der Waals surface area contributed by atoms with Gasteiger partial charge in [0.15, 0.2) is 0 Å². The fraction of sp³-hybridized carbons (Fsp3) is 0.500. The number of hydrogen-bond acceptors (Lipinski definition) is 3. The molecule has 1 fully saturated rings. The molecule has 1 saturated heterocycles. The van der Waals surface area contributed by atoms with E-state index in [1.807, 2.05) is 0 Å². The molecule has 0 aromatic rings. The maximum absolute atomic E-state index is 10.6. The van der Waals surface area contributed by atoms with Crippen LogP contribution >= 0.6 is 0 Å². The van der Waals surface area contributed by atoms with E-state index in [9.17, 15) is 4.79 Å². The lowest BCUT2D eigenvalue weighted by Gasteiger charge is -2.29. The van der Waals surface area contributed by atoms with E-state index in [1.54, 1.807) is 18.2 Å². The van der Waals surface area contributed by atoms with Crippen molar-refractivity contribution in [3.8, 4) is 0 Å². The van der Waals surface area contributed by atoms with Crippen LogP contribution in [0.4, 0.5) is 0 Å². The van der Waals surface area contributed by atoms with Gasteiger partial charge in [0.2, 0.25) is 0 Å². The second kappa shape index (κ2) is 7.85. The minimum Gasteiger partial charge on any atom is -0.492 e. The number of likely N-dealkylation sites (tertiary alicyclic amines) is 1. The van der Waals surface area contributed by atoms with Gasteiger partial charge in [0.1, 0.15) is 18.7 Å². The van der Waals surface area contributed by atoms with Gasteiger partial charge in [0.05, 0.1) is 0 Å². The number of aldehydes is 1. The predicted molar refractivity (Wildman–Crippen MR) is 69.7 cm³/mol. The van der Waals surface area contributed by atoms with E-state index in [4.69, 9.17) is 4.74 Å². The second-order valence-corrected chi connectivity index (χ2v) is 4.17. The van der Waals surface area contributed by atoms with Crippen LogP contribution in [0, 0.1) is 5.92 Å². The molecule has 1 aliphatic heterocycles. The van der Waals surface area contributed by atoms with Gasteiger partial charge < -0.3 is 9.53 Å². The number of ether oxygens (including phenoxy) is 1. The number of rotatable bonds is 7. The Kier molecular flexibility index (Phi) is 6.33. The van der Waals surface area contributed by atoms with E-state index in [-0.39, 0.29) is 5.92 Å². The summed E-state index contributed by atoms with van der Waals surface area (Å²) in [6.45, 7) is 10.8. The zero-order valence-corrected chi connectivity index (χ0v) is 10.3. The molecule has 1 aliphatic rings. The molecule has 0 bridgehead atoms. The van der Waals surface area contributed by atoms with E-state index >= 15 is 0 Å². The molecule has 0 N–H and O–H groups in total. The van der Waals surface area contributed by atoms with Gasteiger partial charge in [-0.25, -0.2) is 0 Å². The molecular weight excluding hydrogens is 214 g/mol. The highest BCUT2D eigenvalue weighted by atomic mass is 16.5. The van der Waals surface area contributed by atoms with Crippen molar-refractivity contribution in [1.29, 1.82) is 0 Å². The molecule has 3 heteroatoms. The number of nitrogens with zero attached hydrogens (tertiary/aromatic N) is 1.